The van der Waals surface area contributed by atoms with Crippen LogP contribution < -0.4 is 10.6 Å². The number of halogens is 1. The molecule has 9 rings (SSSR count). The largest absolute Gasteiger partial charge is 0.382 e. The molecule has 6 heterocycles. The van der Waals surface area contributed by atoms with Crippen molar-refractivity contribution in [3.05, 3.63) is 110 Å². The van der Waals surface area contributed by atoms with E-state index in [0.717, 1.165) is 80.1 Å². The number of aromatic nitrogens is 5. The molecule has 2 atom stereocenters. The number of rotatable bonds is 6. The summed E-state index contributed by atoms with van der Waals surface area (Å²) < 4.78 is 4.08. The Morgan fingerprint density at radius 2 is 1.87 bits per heavy atom. The maximum atomic E-state index is 13.2. The molecule has 1 saturated carbocycles. The van der Waals surface area contributed by atoms with E-state index in [4.69, 9.17) is 16.6 Å². The number of fused-ring (bicyclic) bond motifs is 4. The predicted molar refractivity (Wildman–Crippen MR) is 205 cm³/mol. The Morgan fingerprint density at radius 3 is 2.67 bits per heavy atom. The van der Waals surface area contributed by atoms with E-state index in [0.29, 0.717) is 29.5 Å². The van der Waals surface area contributed by atoms with Gasteiger partial charge in [-0.25, -0.2) is 0 Å². The molecule has 0 bridgehead atoms. The first-order chi connectivity index (χ1) is 26.1. The van der Waals surface area contributed by atoms with Gasteiger partial charge >= 0.3 is 0 Å². The molecule has 12 nitrogen and oxygen atoms in total. The van der Waals surface area contributed by atoms with Crippen LogP contribution in [0.3, 0.4) is 0 Å². The standard InChI is InChI=1S/C40H36ClN9O3S/c1-21-33(54-40-35(21)36(26-8-10-27(41)11-9-26)43-22(2)37-47-46-23(3)50(37)40)13-7-24-17-42-48(18-24)19-25-15-28(16-25)44-31-6-4-5-29-30(31)20-49(39(29)53)32-12-14-34(51)45-38(32)52/h4-6,8-11,17-18,22,25,28,32,44H,12,14-16,19-20H2,1-3H3,(H,45,51,52)/t22-,25?,28?,32?/m0/s1. The van der Waals surface area contributed by atoms with E-state index < -0.39 is 11.9 Å². The van der Waals surface area contributed by atoms with E-state index in [1.807, 2.05) is 73.4 Å². The van der Waals surface area contributed by atoms with Crippen molar-refractivity contribution in [3.8, 4) is 16.8 Å². The van der Waals surface area contributed by atoms with Crippen molar-refractivity contribution < 1.29 is 14.4 Å². The monoisotopic (exact) mass is 757 g/mol. The fourth-order valence-corrected chi connectivity index (χ4v) is 9.31. The van der Waals surface area contributed by atoms with Crippen molar-refractivity contribution in [2.75, 3.05) is 5.32 Å². The number of aliphatic imine (C=N–C) groups is 1. The van der Waals surface area contributed by atoms with Crippen molar-refractivity contribution in [1.82, 2.24) is 34.8 Å². The topological polar surface area (TPSA) is 139 Å². The highest BCUT2D eigenvalue weighted by Crippen LogP contribution is 2.40. The maximum absolute atomic E-state index is 13.2. The Hall–Kier alpha value is -5.58. The lowest BCUT2D eigenvalue weighted by Gasteiger charge is -2.37. The first-order valence-electron chi connectivity index (χ1n) is 18.1. The van der Waals surface area contributed by atoms with Gasteiger partial charge in [0.2, 0.25) is 11.8 Å². The van der Waals surface area contributed by atoms with Gasteiger partial charge in [-0.3, -0.25) is 33.9 Å². The maximum Gasteiger partial charge on any atom is 0.255 e. The smallest absolute Gasteiger partial charge is 0.255 e. The van der Waals surface area contributed by atoms with E-state index in [1.165, 1.54) is 0 Å². The van der Waals surface area contributed by atoms with Crippen LogP contribution in [0.15, 0.2) is 59.9 Å². The van der Waals surface area contributed by atoms with Crippen LogP contribution >= 0.6 is 22.9 Å². The number of hydrogen-bond acceptors (Lipinski definition) is 9. The van der Waals surface area contributed by atoms with E-state index in [9.17, 15) is 14.4 Å². The number of hydrogen-bond donors (Lipinski definition) is 2. The minimum Gasteiger partial charge on any atom is -0.382 e. The molecule has 3 amide bonds. The summed E-state index contributed by atoms with van der Waals surface area (Å²) >= 11 is 7.86. The zero-order valence-corrected chi connectivity index (χ0v) is 31.5. The minimum absolute atomic E-state index is 0.164. The van der Waals surface area contributed by atoms with Crippen LogP contribution in [0.4, 0.5) is 5.69 Å². The highest BCUT2D eigenvalue weighted by Gasteiger charge is 2.40. The van der Waals surface area contributed by atoms with Crippen LogP contribution in [0.2, 0.25) is 5.02 Å². The van der Waals surface area contributed by atoms with Gasteiger partial charge in [-0.2, -0.15) is 5.10 Å². The molecule has 2 N–H and O–H groups in total. The van der Waals surface area contributed by atoms with Gasteiger partial charge in [0.15, 0.2) is 5.82 Å². The summed E-state index contributed by atoms with van der Waals surface area (Å²) in [6.07, 6.45) is 6.34. The molecule has 1 unspecified atom stereocenters. The van der Waals surface area contributed by atoms with Gasteiger partial charge in [-0.15, -0.1) is 21.5 Å². The van der Waals surface area contributed by atoms with E-state index >= 15 is 0 Å². The van der Waals surface area contributed by atoms with E-state index in [2.05, 4.69) is 49.3 Å². The predicted octanol–water partition coefficient (Wildman–Crippen LogP) is 5.76. The summed E-state index contributed by atoms with van der Waals surface area (Å²) in [5.74, 6) is 7.99. The van der Waals surface area contributed by atoms with Gasteiger partial charge in [0.25, 0.3) is 5.91 Å². The molecule has 1 saturated heterocycles. The molecule has 3 aromatic heterocycles. The highest BCUT2D eigenvalue weighted by molar-refractivity contribution is 7.15. The molecule has 3 aliphatic heterocycles. The molecule has 272 valence electrons. The van der Waals surface area contributed by atoms with Crippen molar-refractivity contribution in [1.29, 1.82) is 0 Å². The van der Waals surface area contributed by atoms with Crippen LogP contribution in [0.1, 0.15) is 93.4 Å². The molecular formula is C40H36ClN9O3S. The summed E-state index contributed by atoms with van der Waals surface area (Å²) in [4.78, 5) is 45.1. The second-order valence-corrected chi connectivity index (χ2v) is 15.9. The third-order valence-corrected chi connectivity index (χ3v) is 12.3. The molecule has 1 aliphatic carbocycles. The fourth-order valence-electron chi connectivity index (χ4n) is 7.96. The summed E-state index contributed by atoms with van der Waals surface area (Å²) in [5, 5.41) is 21.2. The van der Waals surface area contributed by atoms with Gasteiger partial charge in [0, 0.05) is 64.7 Å². The van der Waals surface area contributed by atoms with Gasteiger partial charge in [0.1, 0.15) is 22.9 Å². The third-order valence-electron chi connectivity index (χ3n) is 10.8. The second-order valence-electron chi connectivity index (χ2n) is 14.4. The first kappa shape index (κ1) is 34.2. The lowest BCUT2D eigenvalue weighted by atomic mass is 9.80. The highest BCUT2D eigenvalue weighted by atomic mass is 35.5. The molecule has 54 heavy (non-hydrogen) atoms. The number of nitrogens with zero attached hydrogens (tertiary/aromatic N) is 7. The molecule has 4 aliphatic rings. The Kier molecular flexibility index (Phi) is 8.47. The number of aryl methyl sites for hydroxylation is 1. The Balaban J connectivity index is 0.873. The van der Waals surface area contributed by atoms with Gasteiger partial charge in [0.05, 0.1) is 22.3 Å². The van der Waals surface area contributed by atoms with Crippen molar-refractivity contribution >= 4 is 52.1 Å². The SMILES string of the molecule is Cc1c(C#Cc2cnn(CC3CC(Nc4cccc5c4CN(C4CCC(=O)NC4=O)C5=O)C3)c2)sc2c1C(c1ccc(Cl)cc1)=N[C@@H](C)c1nnc(C)n1-2. The first-order valence-corrected chi connectivity index (χ1v) is 19.3. The second kappa shape index (κ2) is 13.4. The number of carbonyl (C=O) groups excluding carboxylic acids is 3. The molecule has 5 aromatic rings. The van der Waals surface area contributed by atoms with Crippen molar-refractivity contribution in [3.63, 3.8) is 0 Å². The Bertz CT molecular complexity index is 2460. The number of thiophene rings is 1. The molecule has 2 fully saturated rings. The van der Waals surface area contributed by atoms with Gasteiger partial charge < -0.3 is 10.2 Å². The Labute approximate surface area is 320 Å². The zero-order valence-electron chi connectivity index (χ0n) is 29.9. The van der Waals surface area contributed by atoms with E-state index in [-0.39, 0.29) is 30.3 Å². The summed E-state index contributed by atoms with van der Waals surface area (Å²) in [6, 6.07) is 12.9. The molecule has 2 aromatic carbocycles. The molecular weight excluding hydrogens is 722 g/mol. The van der Waals surface area contributed by atoms with Crippen LogP contribution in [-0.2, 0) is 22.7 Å². The average molecular weight is 758 g/mol. The average Bonchev–Trinajstić information content (AvgIpc) is 3.89. The van der Waals surface area contributed by atoms with Gasteiger partial charge in [-0.1, -0.05) is 41.6 Å². The number of anilines is 1. The quantitative estimate of drug-likeness (QED) is 0.166. The number of imide groups is 1. The molecule has 0 spiro atoms. The molecule has 14 heteroatoms. The number of carbonyl (C=O) groups is 3. The summed E-state index contributed by atoms with van der Waals surface area (Å²) in [7, 11) is 0. The number of nitrogens with one attached hydrogen (secondary N) is 2. The lowest BCUT2D eigenvalue weighted by molar-refractivity contribution is -0.136. The summed E-state index contributed by atoms with van der Waals surface area (Å²) in [5.41, 5.74) is 7.25. The van der Waals surface area contributed by atoms with Crippen molar-refractivity contribution in [2.24, 2.45) is 10.9 Å². The van der Waals surface area contributed by atoms with Crippen LogP contribution in [0, 0.1) is 31.6 Å². The number of amides is 3. The van der Waals surface area contributed by atoms with E-state index in [1.54, 1.807) is 16.2 Å². The normalized spacial score (nSPS) is 21.6. The van der Waals surface area contributed by atoms with Crippen LogP contribution in [0.5, 0.6) is 0 Å². The van der Waals surface area contributed by atoms with Crippen LogP contribution in [-0.4, -0.2) is 65.0 Å². The van der Waals surface area contributed by atoms with Crippen molar-refractivity contribution in [2.45, 2.75) is 77.7 Å². The number of piperidine rings is 1. The lowest BCUT2D eigenvalue weighted by Crippen LogP contribution is -2.52. The Morgan fingerprint density at radius 1 is 1.06 bits per heavy atom. The fraction of sp³-hybridized carbons (Fsp3) is 0.325. The third kappa shape index (κ3) is 5.99. The summed E-state index contributed by atoms with van der Waals surface area (Å²) in [6.45, 7) is 7.24. The molecule has 0 radical (unpaired) electrons. The zero-order chi connectivity index (χ0) is 37.2. The van der Waals surface area contributed by atoms with Gasteiger partial charge in [-0.05, 0) is 75.8 Å². The number of benzene rings is 2. The van der Waals surface area contributed by atoms with Crippen LogP contribution in [0.25, 0.3) is 5.00 Å². The minimum atomic E-state index is -0.630.